The number of benzene rings is 1. The summed E-state index contributed by atoms with van der Waals surface area (Å²) in [6, 6.07) is 6.44. The predicted molar refractivity (Wildman–Crippen MR) is 85.0 cm³/mol. The van der Waals surface area contributed by atoms with E-state index in [0.29, 0.717) is 11.7 Å². The van der Waals surface area contributed by atoms with E-state index in [1.165, 1.54) is 16.0 Å². The van der Waals surface area contributed by atoms with Crippen LogP contribution < -0.4 is 11.1 Å². The molecule has 0 bridgehead atoms. The monoisotopic (exact) mass is 292 g/mol. The molecule has 1 atom stereocenters. The second kappa shape index (κ2) is 6.19. The summed E-state index contributed by atoms with van der Waals surface area (Å²) >= 11 is 1.74. The van der Waals surface area contributed by atoms with Crippen LogP contribution in [0.1, 0.15) is 30.9 Å². The van der Waals surface area contributed by atoms with E-state index in [2.05, 4.69) is 37.4 Å². The minimum Gasteiger partial charge on any atom is -0.368 e. The zero-order chi connectivity index (χ0) is 14.8. The molecule has 3 nitrogen and oxygen atoms in total. The van der Waals surface area contributed by atoms with Gasteiger partial charge in [0.2, 0.25) is 5.91 Å². The Balaban J connectivity index is 2.16. The van der Waals surface area contributed by atoms with Crippen molar-refractivity contribution in [1.82, 2.24) is 5.32 Å². The first-order chi connectivity index (χ1) is 9.49. The third-order valence-corrected chi connectivity index (χ3v) is 5.36. The van der Waals surface area contributed by atoms with Gasteiger partial charge in [-0.25, -0.2) is 0 Å². The van der Waals surface area contributed by atoms with Gasteiger partial charge in [0.15, 0.2) is 0 Å². The van der Waals surface area contributed by atoms with Crippen LogP contribution in [0.5, 0.6) is 0 Å². The minimum absolute atomic E-state index is 0.209. The Labute approximate surface area is 125 Å². The number of carbonyl (C=O) groups excluding carboxylic acids is 1. The molecule has 1 fully saturated rings. The molecule has 0 aliphatic heterocycles. The van der Waals surface area contributed by atoms with Gasteiger partial charge in [-0.3, -0.25) is 4.79 Å². The molecule has 1 amide bonds. The van der Waals surface area contributed by atoms with E-state index in [-0.39, 0.29) is 5.91 Å². The molecule has 3 N–H and O–H groups in total. The lowest BCUT2D eigenvalue weighted by Crippen LogP contribution is -2.59. The van der Waals surface area contributed by atoms with Gasteiger partial charge in [0.25, 0.3) is 0 Å². The van der Waals surface area contributed by atoms with Crippen molar-refractivity contribution in [2.45, 2.75) is 44.0 Å². The number of hydrogen-bond acceptors (Lipinski definition) is 3. The fourth-order valence-corrected chi connectivity index (χ4v) is 4.05. The molecular weight excluding hydrogens is 268 g/mol. The maximum absolute atomic E-state index is 12.0. The van der Waals surface area contributed by atoms with Crippen molar-refractivity contribution >= 4 is 17.7 Å². The van der Waals surface area contributed by atoms with Gasteiger partial charge in [0.1, 0.15) is 5.54 Å². The topological polar surface area (TPSA) is 55.1 Å². The molecule has 4 heteroatoms. The van der Waals surface area contributed by atoms with E-state index < -0.39 is 5.54 Å². The first-order valence-corrected chi connectivity index (χ1v) is 8.23. The van der Waals surface area contributed by atoms with Crippen molar-refractivity contribution in [3.63, 3.8) is 0 Å². The summed E-state index contributed by atoms with van der Waals surface area (Å²) in [6.07, 6.45) is 2.20. The highest BCUT2D eigenvalue weighted by molar-refractivity contribution is 7.99. The maximum Gasteiger partial charge on any atom is 0.238 e. The van der Waals surface area contributed by atoms with Gasteiger partial charge in [0, 0.05) is 10.6 Å². The van der Waals surface area contributed by atoms with E-state index >= 15 is 0 Å². The van der Waals surface area contributed by atoms with Gasteiger partial charge in [-0.05, 0) is 50.8 Å². The molecule has 0 heterocycles. The Hall–Kier alpha value is -1.00. The normalized spacial score (nSPS) is 17.8. The van der Waals surface area contributed by atoms with Crippen LogP contribution >= 0.6 is 11.8 Å². The lowest BCUT2D eigenvalue weighted by Gasteiger charge is -2.31. The summed E-state index contributed by atoms with van der Waals surface area (Å²) in [5, 5.41) is 3.37. The van der Waals surface area contributed by atoms with Crippen molar-refractivity contribution in [3.05, 3.63) is 29.3 Å². The smallest absolute Gasteiger partial charge is 0.238 e. The highest BCUT2D eigenvalue weighted by Crippen LogP contribution is 2.42. The van der Waals surface area contributed by atoms with Crippen molar-refractivity contribution in [2.24, 2.45) is 11.7 Å². The number of rotatable bonds is 7. The molecule has 1 aromatic rings. The molecule has 1 saturated carbocycles. The molecule has 1 aromatic carbocycles. The van der Waals surface area contributed by atoms with Crippen LogP contribution in [-0.2, 0) is 4.79 Å². The number of carbonyl (C=O) groups is 1. The van der Waals surface area contributed by atoms with Gasteiger partial charge in [-0.1, -0.05) is 24.6 Å². The first kappa shape index (κ1) is 15.4. The maximum atomic E-state index is 12.0. The van der Waals surface area contributed by atoms with Gasteiger partial charge in [-0.2, -0.15) is 0 Å². The van der Waals surface area contributed by atoms with Gasteiger partial charge >= 0.3 is 0 Å². The molecule has 1 aliphatic rings. The lowest BCUT2D eigenvalue weighted by atomic mass is 9.94. The first-order valence-electron chi connectivity index (χ1n) is 7.24. The summed E-state index contributed by atoms with van der Waals surface area (Å²) < 4.78 is 0. The standard InChI is InChI=1S/C16H24N2OS/c1-4-18-16(15(17)19,13-7-8-13)10-20-14-9-11(2)5-6-12(14)3/h5-6,9,13,18H,4,7-8,10H2,1-3H3,(H2,17,19). The van der Waals surface area contributed by atoms with E-state index in [1.807, 2.05) is 6.92 Å². The Morgan fingerprint density at radius 2 is 2.15 bits per heavy atom. The molecule has 1 unspecified atom stereocenters. The Morgan fingerprint density at radius 1 is 1.45 bits per heavy atom. The fraction of sp³-hybridized carbons (Fsp3) is 0.562. The largest absolute Gasteiger partial charge is 0.368 e. The van der Waals surface area contributed by atoms with Crippen molar-refractivity contribution in [3.8, 4) is 0 Å². The predicted octanol–water partition coefficient (Wildman–Crippen LogP) is 2.64. The Bertz CT molecular complexity index is 499. The van der Waals surface area contributed by atoms with Crippen molar-refractivity contribution < 1.29 is 4.79 Å². The van der Waals surface area contributed by atoms with Crippen LogP contribution in [0, 0.1) is 19.8 Å². The number of likely N-dealkylation sites (N-methyl/N-ethyl adjacent to an activating group) is 1. The highest BCUT2D eigenvalue weighted by Gasteiger charge is 2.49. The molecule has 0 aromatic heterocycles. The van der Waals surface area contributed by atoms with Crippen LogP contribution in [0.25, 0.3) is 0 Å². The van der Waals surface area contributed by atoms with Crippen LogP contribution in [0.2, 0.25) is 0 Å². The minimum atomic E-state index is -0.546. The average Bonchev–Trinajstić information content (AvgIpc) is 3.22. The number of primary amides is 1. The molecule has 0 radical (unpaired) electrons. The number of hydrogen-bond donors (Lipinski definition) is 2. The third kappa shape index (κ3) is 3.18. The molecule has 0 saturated heterocycles. The molecule has 1 aliphatic carbocycles. The zero-order valence-corrected chi connectivity index (χ0v) is 13.3. The average molecular weight is 292 g/mol. The fourth-order valence-electron chi connectivity index (χ4n) is 2.62. The number of amides is 1. The summed E-state index contributed by atoms with van der Waals surface area (Å²) in [7, 11) is 0. The van der Waals surface area contributed by atoms with Gasteiger partial charge in [0.05, 0.1) is 0 Å². The van der Waals surface area contributed by atoms with E-state index in [0.717, 1.165) is 19.4 Å². The molecule has 20 heavy (non-hydrogen) atoms. The Morgan fingerprint density at radius 3 is 2.70 bits per heavy atom. The lowest BCUT2D eigenvalue weighted by molar-refractivity contribution is -0.124. The molecule has 2 rings (SSSR count). The quantitative estimate of drug-likeness (QED) is 0.760. The van der Waals surface area contributed by atoms with Gasteiger partial charge in [-0.15, -0.1) is 11.8 Å². The van der Waals surface area contributed by atoms with Crippen molar-refractivity contribution in [2.75, 3.05) is 12.3 Å². The Kier molecular flexibility index (Phi) is 4.76. The van der Waals surface area contributed by atoms with Crippen LogP contribution in [-0.4, -0.2) is 23.7 Å². The van der Waals surface area contributed by atoms with E-state index in [1.54, 1.807) is 11.8 Å². The van der Waals surface area contributed by atoms with E-state index in [4.69, 9.17) is 5.73 Å². The molecular formula is C16H24N2OS. The second-order valence-corrected chi connectivity index (χ2v) is 6.72. The zero-order valence-electron chi connectivity index (χ0n) is 12.5. The summed E-state index contributed by atoms with van der Waals surface area (Å²) in [5.74, 6) is 0.905. The van der Waals surface area contributed by atoms with Crippen LogP contribution in [0.15, 0.2) is 23.1 Å². The molecule has 0 spiro atoms. The van der Waals surface area contributed by atoms with Crippen LogP contribution in [0.4, 0.5) is 0 Å². The summed E-state index contributed by atoms with van der Waals surface area (Å²) in [4.78, 5) is 13.3. The number of nitrogens with two attached hydrogens (primary N) is 1. The van der Waals surface area contributed by atoms with Crippen LogP contribution in [0.3, 0.4) is 0 Å². The number of nitrogens with one attached hydrogen (secondary N) is 1. The second-order valence-electron chi connectivity index (χ2n) is 5.70. The summed E-state index contributed by atoms with van der Waals surface area (Å²) in [6.45, 7) is 7.00. The van der Waals surface area contributed by atoms with E-state index in [9.17, 15) is 4.79 Å². The number of aryl methyl sites for hydroxylation is 2. The molecule has 110 valence electrons. The number of thioether (sulfide) groups is 1. The highest BCUT2D eigenvalue weighted by atomic mass is 32.2. The van der Waals surface area contributed by atoms with Gasteiger partial charge < -0.3 is 11.1 Å². The summed E-state index contributed by atoms with van der Waals surface area (Å²) in [5.41, 5.74) is 7.67. The van der Waals surface area contributed by atoms with Crippen molar-refractivity contribution in [1.29, 1.82) is 0 Å². The third-order valence-electron chi connectivity index (χ3n) is 4.01. The SMILES string of the molecule is CCNC(CSc1cc(C)ccc1C)(C(N)=O)C1CC1.